The Labute approximate surface area is 123 Å². The third-order valence-electron chi connectivity index (χ3n) is 4.34. The molecule has 0 aromatic heterocycles. The van der Waals surface area contributed by atoms with Crippen molar-refractivity contribution in [1.82, 2.24) is 5.32 Å². The molecule has 1 atom stereocenters. The number of amides is 1. The maximum absolute atomic E-state index is 13.5. The fraction of sp³-hybridized carbons (Fsp3) is 0.500. The van der Waals surface area contributed by atoms with Crippen LogP contribution in [0.1, 0.15) is 49.8 Å². The van der Waals surface area contributed by atoms with Gasteiger partial charge >= 0.3 is 5.97 Å². The summed E-state index contributed by atoms with van der Waals surface area (Å²) in [7, 11) is 0. The van der Waals surface area contributed by atoms with E-state index in [1.165, 1.54) is 6.07 Å². The van der Waals surface area contributed by atoms with Crippen molar-refractivity contribution < 1.29 is 19.1 Å². The summed E-state index contributed by atoms with van der Waals surface area (Å²) in [6.45, 7) is 3.44. The van der Waals surface area contributed by atoms with E-state index in [1.807, 2.05) is 0 Å². The molecular formula is C16H20FNO3. The van der Waals surface area contributed by atoms with E-state index < -0.39 is 11.4 Å². The quantitative estimate of drug-likeness (QED) is 0.877. The number of rotatable bonds is 5. The fourth-order valence-corrected chi connectivity index (χ4v) is 2.63. The Bertz CT molecular complexity index is 567. The monoisotopic (exact) mass is 293 g/mol. The second-order valence-electron chi connectivity index (χ2n) is 5.91. The van der Waals surface area contributed by atoms with Gasteiger partial charge in [0.2, 0.25) is 5.91 Å². The summed E-state index contributed by atoms with van der Waals surface area (Å²) in [4.78, 5) is 23.3. The van der Waals surface area contributed by atoms with Crippen LogP contribution in [0.2, 0.25) is 0 Å². The van der Waals surface area contributed by atoms with Crippen LogP contribution in [0.3, 0.4) is 0 Å². The lowest BCUT2D eigenvalue weighted by molar-refractivity contribution is -0.157. The average Bonchev–Trinajstić information content (AvgIpc) is 2.36. The number of carbonyl (C=O) groups excluding carboxylic acids is 1. The lowest BCUT2D eigenvalue weighted by Crippen LogP contribution is -2.43. The van der Waals surface area contributed by atoms with Crippen LogP contribution in [0.25, 0.3) is 0 Å². The number of nitrogens with one attached hydrogen (secondary N) is 1. The molecule has 1 aliphatic rings. The maximum Gasteiger partial charge on any atom is 0.310 e. The first-order valence-corrected chi connectivity index (χ1v) is 7.13. The maximum atomic E-state index is 13.5. The molecule has 1 aromatic rings. The molecule has 1 amide bonds. The lowest BCUT2D eigenvalue weighted by Gasteiger charge is -2.37. The highest BCUT2D eigenvalue weighted by Crippen LogP contribution is 2.44. The normalized spacial score (nSPS) is 17.7. The molecule has 1 aliphatic carbocycles. The zero-order valence-corrected chi connectivity index (χ0v) is 12.3. The second-order valence-corrected chi connectivity index (χ2v) is 5.91. The van der Waals surface area contributed by atoms with E-state index in [1.54, 1.807) is 26.0 Å². The molecular weight excluding hydrogens is 273 g/mol. The van der Waals surface area contributed by atoms with Crippen molar-refractivity contribution in [2.75, 3.05) is 0 Å². The minimum absolute atomic E-state index is 0.0129. The number of aliphatic carboxylic acids is 1. The van der Waals surface area contributed by atoms with Gasteiger partial charge in [0.25, 0.3) is 0 Å². The van der Waals surface area contributed by atoms with Crippen LogP contribution >= 0.6 is 0 Å². The second kappa shape index (κ2) is 5.84. The molecule has 1 aromatic carbocycles. The van der Waals surface area contributed by atoms with Gasteiger partial charge in [-0.05, 0) is 43.9 Å². The minimum Gasteiger partial charge on any atom is -0.481 e. The SMILES string of the molecule is Cc1ccc(C(C)NC(=O)CC2(C(=O)O)CCC2)cc1F. The van der Waals surface area contributed by atoms with E-state index in [0.29, 0.717) is 24.0 Å². The summed E-state index contributed by atoms with van der Waals surface area (Å²) < 4.78 is 13.5. The third-order valence-corrected chi connectivity index (χ3v) is 4.34. The van der Waals surface area contributed by atoms with Gasteiger partial charge in [0.05, 0.1) is 11.5 Å². The number of carbonyl (C=O) groups is 2. The van der Waals surface area contributed by atoms with Gasteiger partial charge in [0.1, 0.15) is 5.82 Å². The largest absolute Gasteiger partial charge is 0.481 e. The van der Waals surface area contributed by atoms with E-state index in [0.717, 1.165) is 6.42 Å². The third kappa shape index (κ3) is 3.23. The van der Waals surface area contributed by atoms with Gasteiger partial charge in [-0.3, -0.25) is 9.59 Å². The van der Waals surface area contributed by atoms with Crippen LogP contribution < -0.4 is 5.32 Å². The van der Waals surface area contributed by atoms with E-state index >= 15 is 0 Å². The fourth-order valence-electron chi connectivity index (χ4n) is 2.63. The van der Waals surface area contributed by atoms with Crippen LogP contribution in [0.4, 0.5) is 4.39 Å². The summed E-state index contributed by atoms with van der Waals surface area (Å²) in [5.74, 6) is -1.52. The Morgan fingerprint density at radius 1 is 1.43 bits per heavy atom. The van der Waals surface area contributed by atoms with Gasteiger partial charge in [-0.1, -0.05) is 18.6 Å². The number of benzene rings is 1. The molecule has 21 heavy (non-hydrogen) atoms. The first-order chi connectivity index (χ1) is 9.84. The number of aryl methyl sites for hydroxylation is 1. The van der Waals surface area contributed by atoms with Crippen molar-refractivity contribution in [1.29, 1.82) is 0 Å². The Hall–Kier alpha value is -1.91. The van der Waals surface area contributed by atoms with Gasteiger partial charge in [0, 0.05) is 6.42 Å². The highest BCUT2D eigenvalue weighted by atomic mass is 19.1. The lowest BCUT2D eigenvalue weighted by atomic mass is 9.66. The number of hydrogen-bond acceptors (Lipinski definition) is 2. The van der Waals surface area contributed by atoms with Crippen molar-refractivity contribution in [2.24, 2.45) is 5.41 Å². The molecule has 2 N–H and O–H groups in total. The predicted molar refractivity (Wildman–Crippen MR) is 76.2 cm³/mol. The predicted octanol–water partition coefficient (Wildman–Crippen LogP) is 2.96. The van der Waals surface area contributed by atoms with Crippen molar-refractivity contribution >= 4 is 11.9 Å². The first kappa shape index (κ1) is 15.5. The summed E-state index contributed by atoms with van der Waals surface area (Å²) in [5, 5.41) is 12.0. The van der Waals surface area contributed by atoms with Crippen LogP contribution in [0.5, 0.6) is 0 Å². The van der Waals surface area contributed by atoms with Crippen LogP contribution in [0, 0.1) is 18.2 Å². The van der Waals surface area contributed by atoms with Crippen LogP contribution in [0.15, 0.2) is 18.2 Å². The average molecular weight is 293 g/mol. The van der Waals surface area contributed by atoms with Gasteiger partial charge in [-0.15, -0.1) is 0 Å². The van der Waals surface area contributed by atoms with Crippen molar-refractivity contribution in [2.45, 2.75) is 45.6 Å². The Morgan fingerprint density at radius 3 is 2.57 bits per heavy atom. The van der Waals surface area contributed by atoms with E-state index in [9.17, 15) is 19.1 Å². The molecule has 114 valence electrons. The molecule has 1 saturated carbocycles. The molecule has 0 bridgehead atoms. The Kier molecular flexibility index (Phi) is 4.30. The molecule has 2 rings (SSSR count). The molecule has 1 unspecified atom stereocenters. The van der Waals surface area contributed by atoms with Gasteiger partial charge < -0.3 is 10.4 Å². The van der Waals surface area contributed by atoms with Crippen molar-refractivity contribution in [3.05, 3.63) is 35.1 Å². The molecule has 0 radical (unpaired) electrons. The molecule has 5 heteroatoms. The van der Waals surface area contributed by atoms with Gasteiger partial charge in [-0.2, -0.15) is 0 Å². The molecule has 1 fully saturated rings. The molecule has 0 aliphatic heterocycles. The number of halogens is 1. The number of carboxylic acid groups (broad SMARTS) is 1. The standard InChI is InChI=1S/C16H20FNO3/c1-10-4-5-12(8-13(10)17)11(2)18-14(19)9-16(15(20)21)6-3-7-16/h4-5,8,11H,3,6-7,9H2,1-2H3,(H,18,19)(H,20,21). The molecule has 0 spiro atoms. The zero-order valence-electron chi connectivity index (χ0n) is 12.3. The summed E-state index contributed by atoms with van der Waals surface area (Å²) in [6, 6.07) is 4.48. The first-order valence-electron chi connectivity index (χ1n) is 7.13. The topological polar surface area (TPSA) is 66.4 Å². The van der Waals surface area contributed by atoms with Gasteiger partial charge in [-0.25, -0.2) is 4.39 Å². The minimum atomic E-state index is -0.905. The van der Waals surface area contributed by atoms with Gasteiger partial charge in [0.15, 0.2) is 0 Å². The highest BCUT2D eigenvalue weighted by Gasteiger charge is 2.45. The van der Waals surface area contributed by atoms with E-state index in [-0.39, 0.29) is 24.2 Å². The highest BCUT2D eigenvalue weighted by molar-refractivity contribution is 5.85. The number of carboxylic acids is 1. The number of hydrogen-bond donors (Lipinski definition) is 2. The Morgan fingerprint density at radius 2 is 2.10 bits per heavy atom. The molecule has 4 nitrogen and oxygen atoms in total. The Balaban J connectivity index is 1.99. The molecule has 0 heterocycles. The smallest absolute Gasteiger partial charge is 0.310 e. The van der Waals surface area contributed by atoms with Crippen molar-refractivity contribution in [3.63, 3.8) is 0 Å². The van der Waals surface area contributed by atoms with Crippen LogP contribution in [-0.2, 0) is 9.59 Å². The van der Waals surface area contributed by atoms with Crippen LogP contribution in [-0.4, -0.2) is 17.0 Å². The summed E-state index contributed by atoms with van der Waals surface area (Å²) in [5.41, 5.74) is 0.323. The van der Waals surface area contributed by atoms with E-state index in [4.69, 9.17) is 0 Å². The summed E-state index contributed by atoms with van der Waals surface area (Å²) >= 11 is 0. The van der Waals surface area contributed by atoms with Crippen molar-refractivity contribution in [3.8, 4) is 0 Å². The molecule has 0 saturated heterocycles. The zero-order chi connectivity index (χ0) is 15.6. The van der Waals surface area contributed by atoms with E-state index in [2.05, 4.69) is 5.32 Å². The summed E-state index contributed by atoms with van der Waals surface area (Å²) in [6.07, 6.45) is 1.92.